The van der Waals surface area contributed by atoms with Crippen molar-refractivity contribution in [2.75, 3.05) is 18.5 Å². The minimum absolute atomic E-state index is 0.0390. The van der Waals surface area contributed by atoms with Crippen LogP contribution in [-0.4, -0.2) is 35.0 Å². The maximum atomic E-state index is 13.9. The molecule has 8 nitrogen and oxygen atoms in total. The Balaban J connectivity index is 1.45. The number of carbonyl (C=O) groups is 1. The van der Waals surface area contributed by atoms with Gasteiger partial charge in [-0.2, -0.15) is 9.78 Å². The first-order valence-electron chi connectivity index (χ1n) is 12.7. The van der Waals surface area contributed by atoms with Gasteiger partial charge in [0, 0.05) is 5.56 Å². The van der Waals surface area contributed by atoms with E-state index < -0.39 is 18.3 Å². The maximum Gasteiger partial charge on any atom is 0.282 e. The number of halogens is 2. The first kappa shape index (κ1) is 27.5. The molecule has 0 aliphatic carbocycles. The molecule has 4 aromatic carbocycles. The number of ether oxygens (including phenoxy) is 2. The fourth-order valence-electron chi connectivity index (χ4n) is 4.08. The summed E-state index contributed by atoms with van der Waals surface area (Å²) in [6, 6.07) is 25.4. The van der Waals surface area contributed by atoms with Crippen LogP contribution in [0, 0.1) is 5.82 Å². The van der Waals surface area contributed by atoms with E-state index in [1.807, 2.05) is 36.4 Å². The monoisotopic (exact) mass is 570 g/mol. The van der Waals surface area contributed by atoms with E-state index >= 15 is 0 Å². The van der Waals surface area contributed by atoms with Gasteiger partial charge in [0.05, 0.1) is 34.4 Å². The molecule has 41 heavy (non-hydrogen) atoms. The molecule has 0 bridgehead atoms. The SMILES string of the molecule is CCOc1cc(C=Nn2c(-c3ccccc3)nc3ccccc3c2=O)cc(Cl)c1OCC(=O)Nc1ccccc1F. The summed E-state index contributed by atoms with van der Waals surface area (Å²) in [7, 11) is 0. The lowest BCUT2D eigenvalue weighted by Crippen LogP contribution is -2.21. The second kappa shape index (κ2) is 12.4. The first-order chi connectivity index (χ1) is 19.9. The van der Waals surface area contributed by atoms with Crippen LogP contribution in [0.25, 0.3) is 22.3 Å². The Bertz CT molecular complexity index is 1810. The zero-order valence-corrected chi connectivity index (χ0v) is 22.6. The molecule has 5 rings (SSSR count). The van der Waals surface area contributed by atoms with Gasteiger partial charge >= 0.3 is 0 Å². The number of benzene rings is 4. The number of hydrogen-bond acceptors (Lipinski definition) is 6. The minimum atomic E-state index is -0.573. The Morgan fingerprint density at radius 3 is 2.54 bits per heavy atom. The molecule has 0 atom stereocenters. The first-order valence-corrected chi connectivity index (χ1v) is 13.1. The quantitative estimate of drug-likeness (QED) is 0.214. The number of nitrogens with one attached hydrogen (secondary N) is 1. The van der Waals surface area contributed by atoms with Gasteiger partial charge in [0.1, 0.15) is 5.82 Å². The number of rotatable bonds is 9. The van der Waals surface area contributed by atoms with Gasteiger partial charge in [-0.1, -0.05) is 66.2 Å². The number of para-hydroxylation sites is 2. The smallest absolute Gasteiger partial charge is 0.282 e. The highest BCUT2D eigenvalue weighted by Gasteiger charge is 2.16. The van der Waals surface area contributed by atoms with Crippen LogP contribution < -0.4 is 20.3 Å². The molecule has 0 fully saturated rings. The molecule has 0 aliphatic heterocycles. The van der Waals surface area contributed by atoms with Crippen LogP contribution in [0.2, 0.25) is 5.02 Å². The average Bonchev–Trinajstić information content (AvgIpc) is 2.98. The van der Waals surface area contributed by atoms with Crippen LogP contribution in [0.5, 0.6) is 11.5 Å². The third kappa shape index (κ3) is 6.26. The zero-order valence-electron chi connectivity index (χ0n) is 21.9. The topological polar surface area (TPSA) is 94.8 Å². The Kier molecular flexibility index (Phi) is 8.36. The van der Waals surface area contributed by atoms with Gasteiger partial charge in [-0.25, -0.2) is 9.37 Å². The van der Waals surface area contributed by atoms with E-state index in [1.54, 1.807) is 43.3 Å². The van der Waals surface area contributed by atoms with Gasteiger partial charge in [-0.3, -0.25) is 9.59 Å². The van der Waals surface area contributed by atoms with Crippen molar-refractivity contribution < 1.29 is 18.7 Å². The third-order valence-electron chi connectivity index (χ3n) is 5.94. The zero-order chi connectivity index (χ0) is 28.8. The molecule has 0 spiro atoms. The molecule has 0 saturated heterocycles. The normalized spacial score (nSPS) is 11.1. The van der Waals surface area contributed by atoms with Gasteiger partial charge in [-0.05, 0) is 48.9 Å². The van der Waals surface area contributed by atoms with Crippen molar-refractivity contribution in [3.63, 3.8) is 0 Å². The molecular formula is C31H24ClFN4O4. The minimum Gasteiger partial charge on any atom is -0.490 e. The third-order valence-corrected chi connectivity index (χ3v) is 6.22. The van der Waals surface area contributed by atoms with Crippen LogP contribution in [0.15, 0.2) is 101 Å². The summed E-state index contributed by atoms with van der Waals surface area (Å²) in [5, 5.41) is 7.50. The molecule has 1 aromatic heterocycles. The molecule has 0 aliphatic rings. The Hall–Kier alpha value is -5.02. The highest BCUT2D eigenvalue weighted by Crippen LogP contribution is 2.36. The summed E-state index contributed by atoms with van der Waals surface area (Å²) in [6.45, 7) is 1.65. The molecule has 0 saturated carbocycles. The lowest BCUT2D eigenvalue weighted by atomic mass is 10.2. The summed E-state index contributed by atoms with van der Waals surface area (Å²) < 4.78 is 26.5. The van der Waals surface area contributed by atoms with Crippen molar-refractivity contribution in [1.82, 2.24) is 9.66 Å². The van der Waals surface area contributed by atoms with Crippen molar-refractivity contribution in [2.24, 2.45) is 5.10 Å². The van der Waals surface area contributed by atoms with Crippen LogP contribution in [-0.2, 0) is 4.79 Å². The fraction of sp³-hybridized carbons (Fsp3) is 0.0968. The number of anilines is 1. The summed E-state index contributed by atoms with van der Waals surface area (Å²) >= 11 is 6.52. The van der Waals surface area contributed by atoms with E-state index in [1.165, 1.54) is 29.1 Å². The number of fused-ring (bicyclic) bond motifs is 1. The Labute approximate surface area is 239 Å². The largest absolute Gasteiger partial charge is 0.490 e. The van der Waals surface area contributed by atoms with E-state index in [0.717, 1.165) is 5.56 Å². The van der Waals surface area contributed by atoms with E-state index in [-0.39, 0.29) is 27.8 Å². The van der Waals surface area contributed by atoms with Crippen molar-refractivity contribution in [1.29, 1.82) is 0 Å². The highest BCUT2D eigenvalue weighted by molar-refractivity contribution is 6.32. The predicted molar refractivity (Wildman–Crippen MR) is 158 cm³/mol. The molecule has 0 unspecified atom stereocenters. The lowest BCUT2D eigenvalue weighted by molar-refractivity contribution is -0.118. The number of amides is 1. The molecule has 1 heterocycles. The van der Waals surface area contributed by atoms with Crippen LogP contribution in [0.4, 0.5) is 10.1 Å². The van der Waals surface area contributed by atoms with E-state index in [9.17, 15) is 14.0 Å². The summed E-state index contributed by atoms with van der Waals surface area (Å²) in [5.41, 5.74) is 1.50. The average molecular weight is 571 g/mol. The van der Waals surface area contributed by atoms with Crippen molar-refractivity contribution in [2.45, 2.75) is 6.92 Å². The van der Waals surface area contributed by atoms with Gasteiger partial charge in [-0.15, -0.1) is 0 Å². The van der Waals surface area contributed by atoms with Gasteiger partial charge in [0.2, 0.25) is 0 Å². The molecule has 10 heteroatoms. The Morgan fingerprint density at radius 2 is 1.76 bits per heavy atom. The molecular weight excluding hydrogens is 547 g/mol. The van der Waals surface area contributed by atoms with Crippen LogP contribution >= 0.6 is 11.6 Å². The fourth-order valence-corrected chi connectivity index (χ4v) is 4.36. The van der Waals surface area contributed by atoms with E-state index in [4.69, 9.17) is 26.1 Å². The number of aromatic nitrogens is 2. The molecule has 1 N–H and O–H groups in total. The maximum absolute atomic E-state index is 13.9. The summed E-state index contributed by atoms with van der Waals surface area (Å²) in [5.74, 6) is -0.344. The number of carbonyl (C=O) groups excluding carboxylic acids is 1. The second-order valence-electron chi connectivity index (χ2n) is 8.76. The molecule has 5 aromatic rings. The molecule has 1 amide bonds. The van der Waals surface area contributed by atoms with E-state index in [0.29, 0.717) is 28.9 Å². The lowest BCUT2D eigenvalue weighted by Gasteiger charge is -2.14. The van der Waals surface area contributed by atoms with Gasteiger partial charge < -0.3 is 14.8 Å². The highest BCUT2D eigenvalue weighted by atomic mass is 35.5. The van der Waals surface area contributed by atoms with Crippen molar-refractivity contribution in [3.8, 4) is 22.9 Å². The summed E-state index contributed by atoms with van der Waals surface area (Å²) in [6.07, 6.45) is 1.47. The van der Waals surface area contributed by atoms with Crippen molar-refractivity contribution >= 4 is 40.3 Å². The van der Waals surface area contributed by atoms with Gasteiger partial charge in [0.15, 0.2) is 23.9 Å². The summed E-state index contributed by atoms with van der Waals surface area (Å²) in [4.78, 5) is 30.5. The standard InChI is InChI=1S/C31H24ClFN4O4/c1-2-40-27-17-20(16-23(32)29(27)41-19-28(38)35-26-15-9-7-13-24(26)33)18-34-37-30(21-10-4-3-5-11-21)36-25-14-8-6-12-22(25)31(37)39/h3-18H,2,19H2,1H3,(H,35,38). The molecule has 206 valence electrons. The second-order valence-corrected chi connectivity index (χ2v) is 9.17. The van der Waals surface area contributed by atoms with Gasteiger partial charge in [0.25, 0.3) is 11.5 Å². The Morgan fingerprint density at radius 1 is 1.02 bits per heavy atom. The van der Waals surface area contributed by atoms with Crippen molar-refractivity contribution in [3.05, 3.63) is 118 Å². The molecule has 0 radical (unpaired) electrons. The number of hydrogen-bond donors (Lipinski definition) is 1. The van der Waals surface area contributed by atoms with Crippen LogP contribution in [0.1, 0.15) is 12.5 Å². The predicted octanol–water partition coefficient (Wildman–Crippen LogP) is 6.15. The van der Waals surface area contributed by atoms with Crippen LogP contribution in [0.3, 0.4) is 0 Å². The number of nitrogens with zero attached hydrogens (tertiary/aromatic N) is 3. The van der Waals surface area contributed by atoms with E-state index in [2.05, 4.69) is 10.4 Å².